The minimum Gasteiger partial charge on any atom is -0.460 e. The number of halogens is 2. The molecule has 0 spiro atoms. The first kappa shape index (κ1) is 15.4. The molecule has 7 heteroatoms. The summed E-state index contributed by atoms with van der Waals surface area (Å²) >= 11 is 9.00. The maximum atomic E-state index is 11.7. The van der Waals surface area contributed by atoms with Crippen LogP contribution in [-0.4, -0.2) is 44.5 Å². The molecule has 0 aliphatic heterocycles. The van der Waals surface area contributed by atoms with Gasteiger partial charge in [-0.05, 0) is 22.0 Å². The fraction of sp³-hybridized carbons (Fsp3) is 0.455. The molecule has 0 aromatic carbocycles. The molecule has 0 radical (unpaired) electrons. The molecule has 5 nitrogen and oxygen atoms in total. The van der Waals surface area contributed by atoms with Gasteiger partial charge in [0, 0.05) is 17.8 Å². The highest BCUT2D eigenvalue weighted by Gasteiger charge is 2.13. The largest absolute Gasteiger partial charge is 0.460 e. The second-order valence-electron chi connectivity index (χ2n) is 3.23. The lowest BCUT2D eigenvalue weighted by Crippen LogP contribution is -2.13. The molecule has 0 N–H and O–H groups in total. The van der Waals surface area contributed by atoms with Crippen LogP contribution in [0.5, 0.6) is 0 Å². The lowest BCUT2D eigenvalue weighted by molar-refractivity contribution is 0.0213. The monoisotopic (exact) mass is 337 g/mol. The average molecular weight is 339 g/mol. The SMILES string of the molecule is COCCOCCOC(=O)c1cc(Br)cnc1Cl. The van der Waals surface area contributed by atoms with Crippen molar-refractivity contribution in [1.82, 2.24) is 4.98 Å². The topological polar surface area (TPSA) is 57.7 Å². The van der Waals surface area contributed by atoms with Crippen molar-refractivity contribution >= 4 is 33.5 Å². The van der Waals surface area contributed by atoms with Crippen molar-refractivity contribution < 1.29 is 19.0 Å². The summed E-state index contributed by atoms with van der Waals surface area (Å²) in [6, 6.07) is 1.56. The molecular weight excluding hydrogens is 325 g/mol. The van der Waals surface area contributed by atoms with Gasteiger partial charge in [-0.2, -0.15) is 0 Å². The summed E-state index contributed by atoms with van der Waals surface area (Å²) in [5.74, 6) is -0.524. The third-order valence-electron chi connectivity index (χ3n) is 1.92. The fourth-order valence-corrected chi connectivity index (χ4v) is 1.59. The van der Waals surface area contributed by atoms with Gasteiger partial charge in [0.05, 0.1) is 25.4 Å². The number of carbonyl (C=O) groups excluding carboxylic acids is 1. The summed E-state index contributed by atoms with van der Waals surface area (Å²) in [6.07, 6.45) is 1.51. The third-order valence-corrected chi connectivity index (χ3v) is 2.65. The molecule has 1 aromatic heterocycles. The molecule has 0 unspecified atom stereocenters. The van der Waals surface area contributed by atoms with Gasteiger partial charge < -0.3 is 14.2 Å². The Labute approximate surface area is 119 Å². The predicted octanol–water partition coefficient (Wildman–Crippen LogP) is 2.32. The van der Waals surface area contributed by atoms with Crippen LogP contribution in [0.2, 0.25) is 5.15 Å². The van der Waals surface area contributed by atoms with Crippen LogP contribution in [0.25, 0.3) is 0 Å². The van der Waals surface area contributed by atoms with Gasteiger partial charge in [0.2, 0.25) is 0 Å². The number of hydrogen-bond donors (Lipinski definition) is 0. The highest BCUT2D eigenvalue weighted by Crippen LogP contribution is 2.18. The molecule has 0 saturated carbocycles. The highest BCUT2D eigenvalue weighted by atomic mass is 79.9. The maximum absolute atomic E-state index is 11.7. The van der Waals surface area contributed by atoms with E-state index in [1.165, 1.54) is 6.20 Å². The van der Waals surface area contributed by atoms with Crippen LogP contribution in [0, 0.1) is 0 Å². The van der Waals surface area contributed by atoms with E-state index in [0.717, 1.165) is 0 Å². The molecule has 0 bridgehead atoms. The summed E-state index contributed by atoms with van der Waals surface area (Å²) in [5.41, 5.74) is 0.225. The smallest absolute Gasteiger partial charge is 0.341 e. The van der Waals surface area contributed by atoms with E-state index in [9.17, 15) is 4.79 Å². The quantitative estimate of drug-likeness (QED) is 0.434. The van der Waals surface area contributed by atoms with Crippen LogP contribution in [-0.2, 0) is 14.2 Å². The number of hydrogen-bond acceptors (Lipinski definition) is 5. The molecule has 0 saturated heterocycles. The van der Waals surface area contributed by atoms with Gasteiger partial charge in [-0.15, -0.1) is 0 Å². The van der Waals surface area contributed by atoms with Gasteiger partial charge in [-0.3, -0.25) is 0 Å². The minimum absolute atomic E-state index is 0.114. The molecule has 0 amide bonds. The summed E-state index contributed by atoms with van der Waals surface area (Å²) < 4.78 is 15.6. The molecule has 0 fully saturated rings. The number of rotatable bonds is 7. The first-order valence-corrected chi connectivity index (χ1v) is 6.37. The number of nitrogens with zero attached hydrogens (tertiary/aromatic N) is 1. The van der Waals surface area contributed by atoms with E-state index in [1.54, 1.807) is 13.2 Å². The number of ether oxygens (including phenoxy) is 3. The third kappa shape index (κ3) is 5.30. The molecule has 0 aliphatic rings. The molecular formula is C11H13BrClNO4. The van der Waals surface area contributed by atoms with Crippen LogP contribution in [0.1, 0.15) is 10.4 Å². The molecule has 1 rings (SSSR count). The Kier molecular flexibility index (Phi) is 7.19. The van der Waals surface area contributed by atoms with Crippen molar-refractivity contribution in [2.45, 2.75) is 0 Å². The first-order chi connectivity index (χ1) is 8.65. The van der Waals surface area contributed by atoms with Gasteiger partial charge in [-0.25, -0.2) is 9.78 Å². The van der Waals surface area contributed by atoms with Crippen LogP contribution < -0.4 is 0 Å². The van der Waals surface area contributed by atoms with Crippen molar-refractivity contribution in [3.63, 3.8) is 0 Å². The Morgan fingerprint density at radius 3 is 2.83 bits per heavy atom. The Bertz CT molecular complexity index is 403. The van der Waals surface area contributed by atoms with Crippen LogP contribution in [0.4, 0.5) is 0 Å². The second-order valence-corrected chi connectivity index (χ2v) is 4.51. The van der Waals surface area contributed by atoms with Gasteiger partial charge in [0.1, 0.15) is 11.8 Å². The van der Waals surface area contributed by atoms with E-state index in [0.29, 0.717) is 24.3 Å². The molecule has 0 aliphatic carbocycles. The fourth-order valence-electron chi connectivity index (χ4n) is 1.08. The molecule has 1 heterocycles. The van der Waals surface area contributed by atoms with E-state index >= 15 is 0 Å². The average Bonchev–Trinajstić information content (AvgIpc) is 2.36. The minimum atomic E-state index is -0.524. The van der Waals surface area contributed by atoms with Gasteiger partial charge in [0.25, 0.3) is 0 Å². The molecule has 1 aromatic rings. The van der Waals surface area contributed by atoms with E-state index in [2.05, 4.69) is 20.9 Å². The van der Waals surface area contributed by atoms with E-state index in [-0.39, 0.29) is 17.3 Å². The van der Waals surface area contributed by atoms with Crippen molar-refractivity contribution in [1.29, 1.82) is 0 Å². The van der Waals surface area contributed by atoms with Gasteiger partial charge in [-0.1, -0.05) is 11.6 Å². The number of methoxy groups -OCH3 is 1. The van der Waals surface area contributed by atoms with Crippen molar-refractivity contribution in [3.8, 4) is 0 Å². The summed E-state index contributed by atoms with van der Waals surface area (Å²) in [4.78, 5) is 15.5. The number of aromatic nitrogens is 1. The van der Waals surface area contributed by atoms with Crippen molar-refractivity contribution in [2.75, 3.05) is 33.5 Å². The molecule has 0 atom stereocenters. The Balaban J connectivity index is 2.34. The lowest BCUT2D eigenvalue weighted by Gasteiger charge is -2.06. The Morgan fingerprint density at radius 2 is 2.11 bits per heavy atom. The first-order valence-electron chi connectivity index (χ1n) is 5.20. The van der Waals surface area contributed by atoms with Crippen LogP contribution in [0.15, 0.2) is 16.7 Å². The molecule has 100 valence electrons. The van der Waals surface area contributed by atoms with Gasteiger partial charge >= 0.3 is 5.97 Å². The highest BCUT2D eigenvalue weighted by molar-refractivity contribution is 9.10. The predicted molar refractivity (Wildman–Crippen MR) is 69.9 cm³/mol. The normalized spacial score (nSPS) is 10.4. The van der Waals surface area contributed by atoms with Crippen LogP contribution >= 0.6 is 27.5 Å². The zero-order valence-corrected chi connectivity index (χ0v) is 12.2. The summed E-state index contributed by atoms with van der Waals surface area (Å²) in [7, 11) is 1.59. The molecule has 18 heavy (non-hydrogen) atoms. The standard InChI is InChI=1S/C11H13BrClNO4/c1-16-2-3-17-4-5-18-11(15)9-6-8(12)7-14-10(9)13/h6-7H,2-5H2,1H3. The summed E-state index contributed by atoms with van der Waals surface area (Å²) in [6.45, 7) is 1.45. The maximum Gasteiger partial charge on any atom is 0.341 e. The number of carbonyl (C=O) groups is 1. The van der Waals surface area contributed by atoms with Crippen molar-refractivity contribution in [3.05, 3.63) is 27.5 Å². The zero-order valence-electron chi connectivity index (χ0n) is 9.82. The second kappa shape index (κ2) is 8.42. The lowest BCUT2D eigenvalue weighted by atomic mass is 10.3. The summed E-state index contributed by atoms with van der Waals surface area (Å²) in [5, 5.41) is 0.114. The van der Waals surface area contributed by atoms with E-state index in [1.807, 2.05) is 0 Å². The Morgan fingerprint density at radius 1 is 1.39 bits per heavy atom. The van der Waals surface area contributed by atoms with Crippen LogP contribution in [0.3, 0.4) is 0 Å². The van der Waals surface area contributed by atoms with Crippen molar-refractivity contribution in [2.24, 2.45) is 0 Å². The van der Waals surface area contributed by atoms with E-state index in [4.69, 9.17) is 25.8 Å². The van der Waals surface area contributed by atoms with E-state index < -0.39 is 5.97 Å². The number of pyridine rings is 1. The van der Waals surface area contributed by atoms with Gasteiger partial charge in [0.15, 0.2) is 0 Å². The Hall–Kier alpha value is -0.690. The number of esters is 1. The zero-order chi connectivity index (χ0) is 13.4.